The molecule has 4 aromatic rings. The maximum Gasteiger partial charge on any atom is 0.256 e. The number of hydrogen-bond acceptors (Lipinski definition) is 6. The topological polar surface area (TPSA) is 102 Å². The number of nitrogens with one attached hydrogen (secondary N) is 1. The Balaban J connectivity index is 1.74. The molecule has 0 unspecified atom stereocenters. The lowest BCUT2D eigenvalue weighted by molar-refractivity contribution is 0.102. The largest absolute Gasteiger partial charge is 0.493 e. The van der Waals surface area contributed by atoms with Crippen LogP contribution in [-0.4, -0.2) is 34.5 Å². The number of carbonyl (C=O) groups is 1. The summed E-state index contributed by atoms with van der Waals surface area (Å²) >= 11 is 0. The van der Waals surface area contributed by atoms with E-state index in [1.165, 1.54) is 14.2 Å². The van der Waals surface area contributed by atoms with Gasteiger partial charge in [0.15, 0.2) is 17.3 Å². The number of imidazole rings is 1. The molecule has 2 heterocycles. The molecule has 0 atom stereocenters. The smallest absolute Gasteiger partial charge is 0.256 e. The number of aromatic nitrogens is 3. The van der Waals surface area contributed by atoms with Gasteiger partial charge in [0.2, 0.25) is 5.78 Å². The molecule has 0 saturated carbocycles. The van der Waals surface area contributed by atoms with E-state index in [0.717, 1.165) is 11.0 Å². The fourth-order valence-electron chi connectivity index (χ4n) is 2.92. The van der Waals surface area contributed by atoms with Gasteiger partial charge in [0.1, 0.15) is 11.6 Å². The molecule has 8 nitrogen and oxygen atoms in total. The first-order chi connectivity index (χ1) is 13.6. The summed E-state index contributed by atoms with van der Waals surface area (Å²) in [5.74, 6) is 1.05. The van der Waals surface area contributed by atoms with Crippen LogP contribution in [-0.2, 0) is 0 Å². The maximum atomic E-state index is 12.7. The molecular formula is C20H15N5O3. The van der Waals surface area contributed by atoms with Crippen molar-refractivity contribution in [3.63, 3.8) is 0 Å². The molecule has 138 valence electrons. The molecule has 2 aromatic heterocycles. The zero-order chi connectivity index (χ0) is 19.7. The van der Waals surface area contributed by atoms with Crippen LogP contribution in [0.5, 0.6) is 11.5 Å². The minimum atomic E-state index is -0.426. The normalized spacial score (nSPS) is 10.6. The fourth-order valence-corrected chi connectivity index (χ4v) is 2.92. The van der Waals surface area contributed by atoms with Crippen molar-refractivity contribution in [3.8, 4) is 17.6 Å². The number of fused-ring (bicyclic) bond motifs is 3. The van der Waals surface area contributed by atoms with Crippen LogP contribution in [0.25, 0.3) is 16.8 Å². The predicted octanol–water partition coefficient (Wildman–Crippen LogP) is 3.02. The number of methoxy groups -OCH3 is 2. The summed E-state index contributed by atoms with van der Waals surface area (Å²) in [5.41, 5.74) is 2.16. The van der Waals surface area contributed by atoms with E-state index in [4.69, 9.17) is 9.47 Å². The van der Waals surface area contributed by atoms with Crippen LogP contribution >= 0.6 is 0 Å². The summed E-state index contributed by atoms with van der Waals surface area (Å²) in [6, 6.07) is 14.4. The lowest BCUT2D eigenvalue weighted by Gasteiger charge is -2.10. The summed E-state index contributed by atoms with van der Waals surface area (Å²) in [7, 11) is 3.01. The second kappa shape index (κ2) is 6.89. The molecule has 0 saturated heterocycles. The van der Waals surface area contributed by atoms with E-state index in [1.54, 1.807) is 28.8 Å². The molecule has 0 bridgehead atoms. The van der Waals surface area contributed by atoms with E-state index in [-0.39, 0.29) is 11.4 Å². The number of anilines is 1. The summed E-state index contributed by atoms with van der Waals surface area (Å²) in [4.78, 5) is 21.5. The number of ether oxygens (including phenoxy) is 2. The number of nitriles is 1. The van der Waals surface area contributed by atoms with E-state index in [1.807, 2.05) is 24.3 Å². The van der Waals surface area contributed by atoms with Crippen LogP contribution in [0.4, 0.5) is 5.82 Å². The SMILES string of the molecule is COc1ccc(C(=O)Nc2nc3nc4ccccc4n3cc2C#N)cc1OC. The number of benzene rings is 2. The standard InChI is InChI=1S/C20H15N5O3/c1-27-16-8-7-12(9-17(16)28-2)19(26)23-18-13(10-21)11-25-15-6-4-3-5-14(15)22-20(25)24-18/h3-9,11H,1-2H3,(H,22,23,24,26). The van der Waals surface area contributed by atoms with E-state index in [2.05, 4.69) is 21.4 Å². The van der Waals surface area contributed by atoms with Gasteiger partial charge in [-0.15, -0.1) is 0 Å². The van der Waals surface area contributed by atoms with Gasteiger partial charge in [0.25, 0.3) is 5.91 Å². The van der Waals surface area contributed by atoms with Crippen LogP contribution < -0.4 is 14.8 Å². The third-order valence-corrected chi connectivity index (χ3v) is 4.30. The van der Waals surface area contributed by atoms with Crippen molar-refractivity contribution < 1.29 is 14.3 Å². The molecule has 0 aliphatic rings. The van der Waals surface area contributed by atoms with Gasteiger partial charge in [-0.1, -0.05) is 12.1 Å². The van der Waals surface area contributed by atoms with Crippen LogP contribution in [0.15, 0.2) is 48.7 Å². The van der Waals surface area contributed by atoms with Gasteiger partial charge in [0.05, 0.1) is 25.3 Å². The van der Waals surface area contributed by atoms with Crippen molar-refractivity contribution in [1.82, 2.24) is 14.4 Å². The van der Waals surface area contributed by atoms with Crippen LogP contribution in [0.3, 0.4) is 0 Å². The van der Waals surface area contributed by atoms with E-state index >= 15 is 0 Å². The Labute approximate surface area is 160 Å². The highest BCUT2D eigenvalue weighted by molar-refractivity contribution is 6.04. The van der Waals surface area contributed by atoms with Crippen molar-refractivity contribution in [2.75, 3.05) is 19.5 Å². The minimum Gasteiger partial charge on any atom is -0.493 e. The van der Waals surface area contributed by atoms with Gasteiger partial charge in [-0.2, -0.15) is 10.2 Å². The van der Waals surface area contributed by atoms with Gasteiger partial charge in [-0.3, -0.25) is 9.20 Å². The highest BCUT2D eigenvalue weighted by Crippen LogP contribution is 2.28. The second-order valence-electron chi connectivity index (χ2n) is 5.91. The average molecular weight is 373 g/mol. The van der Waals surface area contributed by atoms with Crippen LogP contribution in [0.2, 0.25) is 0 Å². The molecular weight excluding hydrogens is 358 g/mol. The first-order valence-electron chi connectivity index (χ1n) is 8.36. The lowest BCUT2D eigenvalue weighted by Crippen LogP contribution is -2.15. The fraction of sp³-hybridized carbons (Fsp3) is 0.100. The molecule has 0 radical (unpaired) electrons. The zero-order valence-corrected chi connectivity index (χ0v) is 15.1. The Kier molecular flexibility index (Phi) is 4.26. The van der Waals surface area contributed by atoms with Gasteiger partial charge in [0, 0.05) is 11.8 Å². The molecule has 28 heavy (non-hydrogen) atoms. The Morgan fingerprint density at radius 2 is 1.89 bits per heavy atom. The van der Waals surface area contributed by atoms with E-state index in [0.29, 0.717) is 22.8 Å². The molecule has 2 aromatic carbocycles. The minimum absolute atomic E-state index is 0.144. The first kappa shape index (κ1) is 17.3. The summed E-state index contributed by atoms with van der Waals surface area (Å²) in [6.45, 7) is 0. The van der Waals surface area contributed by atoms with Crippen molar-refractivity contribution in [1.29, 1.82) is 5.26 Å². The maximum absolute atomic E-state index is 12.7. The van der Waals surface area contributed by atoms with Gasteiger partial charge in [-0.25, -0.2) is 4.98 Å². The molecule has 1 N–H and O–H groups in total. The van der Waals surface area contributed by atoms with Crippen LogP contribution in [0, 0.1) is 11.3 Å². The Morgan fingerprint density at radius 1 is 1.11 bits per heavy atom. The number of para-hydroxylation sites is 2. The molecule has 1 amide bonds. The van der Waals surface area contributed by atoms with Gasteiger partial charge >= 0.3 is 0 Å². The molecule has 8 heteroatoms. The second-order valence-corrected chi connectivity index (χ2v) is 5.91. The zero-order valence-electron chi connectivity index (χ0n) is 15.1. The monoisotopic (exact) mass is 373 g/mol. The molecule has 4 rings (SSSR count). The molecule has 0 aliphatic heterocycles. The van der Waals surface area contributed by atoms with Crippen molar-refractivity contribution in [2.45, 2.75) is 0 Å². The highest BCUT2D eigenvalue weighted by atomic mass is 16.5. The van der Waals surface area contributed by atoms with Crippen molar-refractivity contribution in [3.05, 3.63) is 59.8 Å². The van der Waals surface area contributed by atoms with Gasteiger partial charge < -0.3 is 14.8 Å². The van der Waals surface area contributed by atoms with E-state index < -0.39 is 5.91 Å². The molecule has 0 aliphatic carbocycles. The molecule has 0 spiro atoms. The summed E-state index contributed by atoms with van der Waals surface area (Å²) < 4.78 is 12.1. The predicted molar refractivity (Wildman–Crippen MR) is 103 cm³/mol. The Morgan fingerprint density at radius 3 is 2.64 bits per heavy atom. The quantitative estimate of drug-likeness (QED) is 0.590. The Bertz CT molecular complexity index is 1260. The number of rotatable bonds is 4. The van der Waals surface area contributed by atoms with E-state index in [9.17, 15) is 10.1 Å². The number of carbonyl (C=O) groups excluding carboxylic acids is 1. The third kappa shape index (κ3) is 2.85. The average Bonchev–Trinajstić information content (AvgIpc) is 3.09. The number of nitrogens with zero attached hydrogens (tertiary/aromatic N) is 4. The number of hydrogen-bond donors (Lipinski definition) is 1. The third-order valence-electron chi connectivity index (χ3n) is 4.30. The highest BCUT2D eigenvalue weighted by Gasteiger charge is 2.16. The first-order valence-corrected chi connectivity index (χ1v) is 8.36. The molecule has 0 fully saturated rings. The Hall–Kier alpha value is -4.12. The number of amides is 1. The lowest BCUT2D eigenvalue weighted by atomic mass is 10.2. The summed E-state index contributed by atoms with van der Waals surface area (Å²) in [6.07, 6.45) is 1.61. The van der Waals surface area contributed by atoms with Crippen LogP contribution in [0.1, 0.15) is 15.9 Å². The summed E-state index contributed by atoms with van der Waals surface area (Å²) in [5, 5.41) is 12.2. The van der Waals surface area contributed by atoms with Crippen molar-refractivity contribution >= 4 is 28.5 Å². The van der Waals surface area contributed by atoms with Gasteiger partial charge in [-0.05, 0) is 30.3 Å². The van der Waals surface area contributed by atoms with Crippen molar-refractivity contribution in [2.24, 2.45) is 0 Å².